The molecular formula is C15H29N3S. The number of nitrogens with one attached hydrogen (secondary N) is 1. The van der Waals surface area contributed by atoms with E-state index in [0.717, 1.165) is 25.8 Å². The average Bonchev–Trinajstić information content (AvgIpc) is 2.86. The van der Waals surface area contributed by atoms with E-state index in [-0.39, 0.29) is 0 Å². The van der Waals surface area contributed by atoms with E-state index in [0.29, 0.717) is 0 Å². The SMILES string of the molecule is CCCCCCCCCc1nnc(CCCNC)s1. The molecule has 1 aromatic rings. The molecular weight excluding hydrogens is 254 g/mol. The highest BCUT2D eigenvalue weighted by Gasteiger charge is 2.03. The van der Waals surface area contributed by atoms with Crippen molar-refractivity contribution in [2.45, 2.75) is 71.1 Å². The molecule has 0 saturated carbocycles. The first-order valence-corrected chi connectivity index (χ1v) is 8.64. The topological polar surface area (TPSA) is 37.8 Å². The summed E-state index contributed by atoms with van der Waals surface area (Å²) in [7, 11) is 1.99. The third-order valence-electron chi connectivity index (χ3n) is 3.32. The molecule has 1 rings (SSSR count). The van der Waals surface area contributed by atoms with Gasteiger partial charge >= 0.3 is 0 Å². The van der Waals surface area contributed by atoms with Crippen LogP contribution in [0.1, 0.15) is 68.3 Å². The van der Waals surface area contributed by atoms with E-state index in [2.05, 4.69) is 22.4 Å². The van der Waals surface area contributed by atoms with Gasteiger partial charge in [0.2, 0.25) is 0 Å². The maximum atomic E-state index is 4.29. The largest absolute Gasteiger partial charge is 0.320 e. The molecule has 0 fully saturated rings. The lowest BCUT2D eigenvalue weighted by molar-refractivity contribution is 0.588. The van der Waals surface area contributed by atoms with Gasteiger partial charge in [-0.1, -0.05) is 45.4 Å². The van der Waals surface area contributed by atoms with Gasteiger partial charge in [-0.05, 0) is 26.4 Å². The summed E-state index contributed by atoms with van der Waals surface area (Å²) in [5, 5.41) is 14.2. The van der Waals surface area contributed by atoms with Crippen LogP contribution in [0, 0.1) is 0 Å². The van der Waals surface area contributed by atoms with Crippen molar-refractivity contribution in [3.63, 3.8) is 0 Å². The third kappa shape index (κ3) is 8.32. The Kier molecular flexibility index (Phi) is 9.91. The highest BCUT2D eigenvalue weighted by atomic mass is 32.1. The summed E-state index contributed by atoms with van der Waals surface area (Å²) in [6, 6.07) is 0. The molecule has 4 heteroatoms. The van der Waals surface area contributed by atoms with E-state index in [4.69, 9.17) is 0 Å². The molecule has 0 aromatic carbocycles. The Morgan fingerprint density at radius 2 is 1.42 bits per heavy atom. The number of rotatable bonds is 12. The van der Waals surface area contributed by atoms with Gasteiger partial charge < -0.3 is 5.32 Å². The van der Waals surface area contributed by atoms with Crippen LogP contribution in [0.15, 0.2) is 0 Å². The summed E-state index contributed by atoms with van der Waals surface area (Å²) in [5.41, 5.74) is 0. The molecule has 0 aliphatic rings. The highest BCUT2D eigenvalue weighted by molar-refractivity contribution is 7.11. The van der Waals surface area contributed by atoms with Crippen molar-refractivity contribution >= 4 is 11.3 Å². The third-order valence-corrected chi connectivity index (χ3v) is 4.36. The highest BCUT2D eigenvalue weighted by Crippen LogP contribution is 2.15. The Balaban J connectivity index is 2.03. The predicted molar refractivity (Wildman–Crippen MR) is 83.9 cm³/mol. The number of aryl methyl sites for hydroxylation is 2. The number of unbranched alkanes of at least 4 members (excludes halogenated alkanes) is 6. The molecule has 0 saturated heterocycles. The second-order valence-corrected chi connectivity index (χ2v) is 6.31. The summed E-state index contributed by atoms with van der Waals surface area (Å²) in [6.45, 7) is 3.33. The van der Waals surface area contributed by atoms with Crippen LogP contribution in [0.25, 0.3) is 0 Å². The first-order chi connectivity index (χ1) is 9.36. The lowest BCUT2D eigenvalue weighted by atomic mass is 10.1. The van der Waals surface area contributed by atoms with Crippen LogP contribution in [0.5, 0.6) is 0 Å². The van der Waals surface area contributed by atoms with E-state index in [1.165, 1.54) is 55.0 Å². The minimum atomic E-state index is 1.06. The van der Waals surface area contributed by atoms with Gasteiger partial charge in [-0.25, -0.2) is 0 Å². The molecule has 1 heterocycles. The van der Waals surface area contributed by atoms with Crippen molar-refractivity contribution < 1.29 is 0 Å². The molecule has 1 N–H and O–H groups in total. The summed E-state index contributed by atoms with van der Waals surface area (Å²) in [6.07, 6.45) is 12.9. The first-order valence-electron chi connectivity index (χ1n) is 7.82. The molecule has 0 aliphatic carbocycles. The molecule has 0 atom stereocenters. The summed E-state index contributed by atoms with van der Waals surface area (Å²) in [4.78, 5) is 0. The molecule has 3 nitrogen and oxygen atoms in total. The predicted octanol–water partition coefficient (Wildman–Crippen LogP) is 3.98. The Hall–Kier alpha value is -0.480. The van der Waals surface area contributed by atoms with Crippen LogP contribution in [-0.2, 0) is 12.8 Å². The van der Waals surface area contributed by atoms with Crippen molar-refractivity contribution in [1.29, 1.82) is 0 Å². The number of aromatic nitrogens is 2. The van der Waals surface area contributed by atoms with E-state index < -0.39 is 0 Å². The van der Waals surface area contributed by atoms with Crippen molar-refractivity contribution in [2.24, 2.45) is 0 Å². The Morgan fingerprint density at radius 1 is 0.842 bits per heavy atom. The van der Waals surface area contributed by atoms with E-state index in [9.17, 15) is 0 Å². The van der Waals surface area contributed by atoms with E-state index in [1.54, 1.807) is 11.3 Å². The van der Waals surface area contributed by atoms with Gasteiger partial charge in [0.25, 0.3) is 0 Å². The van der Waals surface area contributed by atoms with Crippen LogP contribution >= 0.6 is 11.3 Å². The monoisotopic (exact) mass is 283 g/mol. The van der Waals surface area contributed by atoms with Crippen LogP contribution < -0.4 is 5.32 Å². The fourth-order valence-corrected chi connectivity index (χ4v) is 3.07. The molecule has 19 heavy (non-hydrogen) atoms. The van der Waals surface area contributed by atoms with Crippen LogP contribution in [0.3, 0.4) is 0 Å². The summed E-state index contributed by atoms with van der Waals surface area (Å²) in [5.74, 6) is 0. The lowest BCUT2D eigenvalue weighted by Crippen LogP contribution is -2.08. The van der Waals surface area contributed by atoms with Crippen molar-refractivity contribution in [3.8, 4) is 0 Å². The van der Waals surface area contributed by atoms with Gasteiger partial charge in [0.15, 0.2) is 0 Å². The Bertz CT molecular complexity index is 312. The lowest BCUT2D eigenvalue weighted by Gasteiger charge is -1.99. The van der Waals surface area contributed by atoms with Crippen LogP contribution in [0.4, 0.5) is 0 Å². The minimum Gasteiger partial charge on any atom is -0.320 e. The number of nitrogens with zero attached hydrogens (tertiary/aromatic N) is 2. The van der Waals surface area contributed by atoms with Crippen molar-refractivity contribution in [2.75, 3.05) is 13.6 Å². The van der Waals surface area contributed by atoms with E-state index in [1.807, 2.05) is 7.05 Å². The first kappa shape index (κ1) is 16.6. The van der Waals surface area contributed by atoms with Gasteiger partial charge in [0.1, 0.15) is 10.0 Å². The molecule has 1 aromatic heterocycles. The molecule has 0 bridgehead atoms. The second kappa shape index (κ2) is 11.4. The number of hydrogen-bond acceptors (Lipinski definition) is 4. The number of hydrogen-bond donors (Lipinski definition) is 1. The molecule has 0 unspecified atom stereocenters. The van der Waals surface area contributed by atoms with E-state index >= 15 is 0 Å². The molecule has 0 aliphatic heterocycles. The zero-order valence-corrected chi connectivity index (χ0v) is 13.4. The summed E-state index contributed by atoms with van der Waals surface area (Å²) >= 11 is 1.81. The maximum absolute atomic E-state index is 4.29. The normalized spacial score (nSPS) is 11.1. The zero-order valence-electron chi connectivity index (χ0n) is 12.6. The van der Waals surface area contributed by atoms with Crippen LogP contribution in [-0.4, -0.2) is 23.8 Å². The second-order valence-electron chi connectivity index (χ2n) is 5.17. The fourth-order valence-electron chi connectivity index (χ4n) is 2.14. The quantitative estimate of drug-likeness (QED) is 0.590. The molecule has 0 amide bonds. The van der Waals surface area contributed by atoms with Gasteiger partial charge in [-0.15, -0.1) is 21.5 Å². The fraction of sp³-hybridized carbons (Fsp3) is 0.867. The standard InChI is InChI=1S/C15H29N3S/c1-3-4-5-6-7-8-9-11-14-17-18-15(19-14)12-10-13-16-2/h16H,3-13H2,1-2H3. The Labute approximate surface area is 122 Å². The van der Waals surface area contributed by atoms with Gasteiger partial charge in [0, 0.05) is 12.8 Å². The van der Waals surface area contributed by atoms with Crippen LogP contribution in [0.2, 0.25) is 0 Å². The zero-order chi connectivity index (χ0) is 13.8. The van der Waals surface area contributed by atoms with Gasteiger partial charge in [0.05, 0.1) is 0 Å². The summed E-state index contributed by atoms with van der Waals surface area (Å²) < 4.78 is 0. The molecule has 0 spiro atoms. The molecule has 110 valence electrons. The van der Waals surface area contributed by atoms with Gasteiger partial charge in [-0.2, -0.15) is 0 Å². The van der Waals surface area contributed by atoms with Crippen molar-refractivity contribution in [1.82, 2.24) is 15.5 Å². The Morgan fingerprint density at radius 3 is 2.05 bits per heavy atom. The van der Waals surface area contributed by atoms with Gasteiger partial charge in [-0.3, -0.25) is 0 Å². The smallest absolute Gasteiger partial charge is 0.117 e. The minimum absolute atomic E-state index is 1.06. The maximum Gasteiger partial charge on any atom is 0.117 e. The molecule has 0 radical (unpaired) electrons. The average molecular weight is 283 g/mol. The van der Waals surface area contributed by atoms with Crippen molar-refractivity contribution in [3.05, 3.63) is 10.0 Å².